The van der Waals surface area contributed by atoms with Crippen LogP contribution in [0.2, 0.25) is 0 Å². The fourth-order valence-electron chi connectivity index (χ4n) is 2.82. The molecule has 1 amide bonds. The minimum atomic E-state index is -0.0929. The summed E-state index contributed by atoms with van der Waals surface area (Å²) in [6.45, 7) is 0.188. The highest BCUT2D eigenvalue weighted by Crippen LogP contribution is 2.24. The largest absolute Gasteiger partial charge is 0.325 e. The van der Waals surface area contributed by atoms with Crippen LogP contribution in [0.3, 0.4) is 0 Å². The van der Waals surface area contributed by atoms with Gasteiger partial charge in [-0.1, -0.05) is 30.3 Å². The number of pyridine rings is 1. The number of hydrogen-bond donors (Lipinski definition) is 1. The number of fused-ring (bicyclic) bond motifs is 1. The maximum atomic E-state index is 12.5. The Morgan fingerprint density at radius 2 is 1.64 bits per heavy atom. The molecule has 0 atom stereocenters. The van der Waals surface area contributed by atoms with Gasteiger partial charge in [0.2, 0.25) is 5.91 Å². The Kier molecular flexibility index (Phi) is 3.96. The van der Waals surface area contributed by atoms with Gasteiger partial charge in [-0.3, -0.25) is 9.78 Å². The Labute approximate surface area is 145 Å². The third-order valence-corrected chi connectivity index (χ3v) is 3.95. The molecule has 5 nitrogen and oxygen atoms in total. The molecule has 2 heterocycles. The summed E-state index contributed by atoms with van der Waals surface area (Å²) >= 11 is 0. The van der Waals surface area contributed by atoms with Crippen molar-refractivity contribution >= 4 is 22.6 Å². The van der Waals surface area contributed by atoms with E-state index in [0.717, 1.165) is 28.1 Å². The number of hydrogen-bond acceptors (Lipinski definition) is 3. The lowest BCUT2D eigenvalue weighted by molar-refractivity contribution is -0.116. The van der Waals surface area contributed by atoms with Crippen LogP contribution in [-0.4, -0.2) is 20.4 Å². The van der Waals surface area contributed by atoms with Gasteiger partial charge in [-0.25, -0.2) is 4.98 Å². The Balaban J connectivity index is 1.71. The highest BCUT2D eigenvalue weighted by molar-refractivity contribution is 5.92. The predicted molar refractivity (Wildman–Crippen MR) is 98.0 cm³/mol. The highest BCUT2D eigenvalue weighted by Gasteiger charge is 2.15. The molecule has 25 heavy (non-hydrogen) atoms. The maximum Gasteiger partial charge on any atom is 0.244 e. The molecule has 122 valence electrons. The molecule has 0 saturated heterocycles. The molecule has 4 rings (SSSR count). The lowest BCUT2D eigenvalue weighted by Crippen LogP contribution is -2.19. The van der Waals surface area contributed by atoms with Crippen LogP contribution in [0.25, 0.3) is 22.4 Å². The van der Waals surface area contributed by atoms with Crippen molar-refractivity contribution < 1.29 is 4.79 Å². The van der Waals surface area contributed by atoms with E-state index in [2.05, 4.69) is 10.3 Å². The predicted octanol–water partition coefficient (Wildman–Crippen LogP) is 3.74. The van der Waals surface area contributed by atoms with Gasteiger partial charge in [0, 0.05) is 23.6 Å². The van der Waals surface area contributed by atoms with E-state index in [0.29, 0.717) is 0 Å². The molecular weight excluding hydrogens is 312 g/mol. The summed E-state index contributed by atoms with van der Waals surface area (Å²) in [6.07, 6.45) is 3.45. The van der Waals surface area contributed by atoms with Crippen LogP contribution in [0.4, 0.5) is 5.69 Å². The van der Waals surface area contributed by atoms with Crippen LogP contribution >= 0.6 is 0 Å². The Bertz CT molecular complexity index is 1010. The van der Waals surface area contributed by atoms with E-state index in [9.17, 15) is 4.79 Å². The molecular formula is C20H16N4O. The molecule has 0 fully saturated rings. The number of anilines is 1. The lowest BCUT2D eigenvalue weighted by atomic mass is 10.2. The first-order valence-electron chi connectivity index (χ1n) is 8.02. The van der Waals surface area contributed by atoms with E-state index in [1.165, 1.54) is 0 Å². The minimum absolute atomic E-state index is 0.0929. The van der Waals surface area contributed by atoms with Gasteiger partial charge in [-0.05, 0) is 36.4 Å². The van der Waals surface area contributed by atoms with Gasteiger partial charge in [0.15, 0.2) is 0 Å². The maximum absolute atomic E-state index is 12.5. The van der Waals surface area contributed by atoms with E-state index in [1.54, 1.807) is 12.4 Å². The molecule has 0 unspecified atom stereocenters. The fourth-order valence-corrected chi connectivity index (χ4v) is 2.82. The van der Waals surface area contributed by atoms with Gasteiger partial charge in [-0.15, -0.1) is 0 Å². The molecule has 0 spiro atoms. The molecule has 0 aliphatic rings. The number of imidazole rings is 1. The minimum Gasteiger partial charge on any atom is -0.325 e. The number of carbonyl (C=O) groups is 1. The Morgan fingerprint density at radius 3 is 2.44 bits per heavy atom. The van der Waals surface area contributed by atoms with E-state index in [-0.39, 0.29) is 12.5 Å². The molecule has 2 aromatic carbocycles. The van der Waals surface area contributed by atoms with Crippen molar-refractivity contribution in [2.24, 2.45) is 0 Å². The highest BCUT2D eigenvalue weighted by atomic mass is 16.1. The normalized spacial score (nSPS) is 10.7. The average molecular weight is 328 g/mol. The Hall–Kier alpha value is -3.47. The number of nitrogens with zero attached hydrogens (tertiary/aromatic N) is 3. The molecule has 1 N–H and O–H groups in total. The van der Waals surface area contributed by atoms with Gasteiger partial charge in [0.25, 0.3) is 0 Å². The SMILES string of the molecule is O=C(Cn1c(-c2ccncc2)nc2ccccc21)Nc1ccccc1. The zero-order chi connectivity index (χ0) is 17.1. The van der Waals surface area contributed by atoms with Crippen LogP contribution in [0.15, 0.2) is 79.1 Å². The third kappa shape index (κ3) is 3.12. The topological polar surface area (TPSA) is 59.8 Å². The van der Waals surface area contributed by atoms with Crippen molar-refractivity contribution in [2.75, 3.05) is 5.32 Å². The third-order valence-electron chi connectivity index (χ3n) is 3.95. The monoisotopic (exact) mass is 328 g/mol. The first-order valence-corrected chi connectivity index (χ1v) is 8.02. The number of para-hydroxylation sites is 3. The van der Waals surface area contributed by atoms with Crippen molar-refractivity contribution in [3.8, 4) is 11.4 Å². The average Bonchev–Trinajstić information content (AvgIpc) is 3.02. The molecule has 0 radical (unpaired) electrons. The number of benzene rings is 2. The second-order valence-corrected chi connectivity index (χ2v) is 5.66. The summed E-state index contributed by atoms with van der Waals surface area (Å²) in [7, 11) is 0. The van der Waals surface area contributed by atoms with Gasteiger partial charge >= 0.3 is 0 Å². The van der Waals surface area contributed by atoms with Crippen LogP contribution in [0.1, 0.15) is 0 Å². The van der Waals surface area contributed by atoms with Crippen LogP contribution in [0, 0.1) is 0 Å². The van der Waals surface area contributed by atoms with Crippen molar-refractivity contribution in [3.63, 3.8) is 0 Å². The van der Waals surface area contributed by atoms with Gasteiger partial charge < -0.3 is 9.88 Å². The van der Waals surface area contributed by atoms with Crippen molar-refractivity contribution in [1.29, 1.82) is 0 Å². The first kappa shape index (κ1) is 15.1. The van der Waals surface area contributed by atoms with Crippen LogP contribution in [-0.2, 0) is 11.3 Å². The molecule has 2 aromatic heterocycles. The smallest absolute Gasteiger partial charge is 0.244 e. The van der Waals surface area contributed by atoms with E-state index in [4.69, 9.17) is 4.98 Å². The number of rotatable bonds is 4. The van der Waals surface area contributed by atoms with Crippen LogP contribution in [0.5, 0.6) is 0 Å². The van der Waals surface area contributed by atoms with E-state index < -0.39 is 0 Å². The second kappa shape index (κ2) is 6.57. The van der Waals surface area contributed by atoms with Gasteiger partial charge in [-0.2, -0.15) is 0 Å². The number of aromatic nitrogens is 3. The summed E-state index contributed by atoms with van der Waals surface area (Å²) in [6, 6.07) is 21.1. The first-order chi connectivity index (χ1) is 12.3. The molecule has 5 heteroatoms. The summed E-state index contributed by atoms with van der Waals surface area (Å²) in [4.78, 5) is 21.3. The number of nitrogens with one attached hydrogen (secondary N) is 1. The summed E-state index contributed by atoms with van der Waals surface area (Å²) < 4.78 is 1.93. The summed E-state index contributed by atoms with van der Waals surface area (Å²) in [5.41, 5.74) is 3.50. The Morgan fingerprint density at radius 1 is 0.920 bits per heavy atom. The zero-order valence-corrected chi connectivity index (χ0v) is 13.5. The summed E-state index contributed by atoms with van der Waals surface area (Å²) in [5.74, 6) is 0.663. The van der Waals surface area contributed by atoms with Crippen molar-refractivity contribution in [1.82, 2.24) is 14.5 Å². The molecule has 0 saturated carbocycles. The quantitative estimate of drug-likeness (QED) is 0.621. The molecule has 0 aliphatic carbocycles. The van der Waals surface area contributed by atoms with Crippen molar-refractivity contribution in [2.45, 2.75) is 6.54 Å². The standard InChI is InChI=1S/C20H16N4O/c25-19(22-16-6-2-1-3-7-16)14-24-18-9-5-4-8-17(18)23-20(24)15-10-12-21-13-11-15/h1-13H,14H2,(H,22,25). The van der Waals surface area contributed by atoms with Gasteiger partial charge in [0.1, 0.15) is 12.4 Å². The fraction of sp³-hybridized carbons (Fsp3) is 0.0500. The number of carbonyl (C=O) groups excluding carboxylic acids is 1. The van der Waals surface area contributed by atoms with E-state index >= 15 is 0 Å². The molecule has 4 aromatic rings. The van der Waals surface area contributed by atoms with Crippen LogP contribution < -0.4 is 5.32 Å². The second-order valence-electron chi connectivity index (χ2n) is 5.66. The number of amides is 1. The summed E-state index contributed by atoms with van der Waals surface area (Å²) in [5, 5.41) is 2.92. The zero-order valence-electron chi connectivity index (χ0n) is 13.5. The molecule has 0 aliphatic heterocycles. The molecule has 0 bridgehead atoms. The van der Waals surface area contributed by atoms with Gasteiger partial charge in [0.05, 0.1) is 11.0 Å². The van der Waals surface area contributed by atoms with E-state index in [1.807, 2.05) is 71.3 Å². The lowest BCUT2D eigenvalue weighted by Gasteiger charge is -2.10. The van der Waals surface area contributed by atoms with Crippen molar-refractivity contribution in [3.05, 3.63) is 79.1 Å².